The van der Waals surface area contributed by atoms with Crippen LogP contribution in [0, 0.1) is 6.92 Å². The van der Waals surface area contributed by atoms with Crippen molar-refractivity contribution in [3.05, 3.63) is 59.7 Å². The maximum Gasteiger partial charge on any atom is 0.262 e. The van der Waals surface area contributed by atoms with Gasteiger partial charge >= 0.3 is 0 Å². The summed E-state index contributed by atoms with van der Waals surface area (Å²) in [4.78, 5) is 24.7. The van der Waals surface area contributed by atoms with Gasteiger partial charge in [0.05, 0.1) is 5.75 Å². The molecule has 1 aliphatic heterocycles. The van der Waals surface area contributed by atoms with Crippen LogP contribution in [0.25, 0.3) is 6.08 Å². The molecule has 1 heterocycles. The van der Waals surface area contributed by atoms with Crippen LogP contribution in [0.15, 0.2) is 53.4 Å². The smallest absolute Gasteiger partial charge is 0.262 e. The van der Waals surface area contributed by atoms with E-state index in [2.05, 4.69) is 10.9 Å². The average Bonchev–Trinajstić information content (AvgIpc) is 2.70. The zero-order valence-corrected chi connectivity index (χ0v) is 15.7. The fraction of sp³-hybridized carbons (Fsp3) is 0.200. The molecule has 7 heteroatoms. The molecule has 0 unspecified atom stereocenters. The lowest BCUT2D eigenvalue weighted by Crippen LogP contribution is -2.41. The predicted molar refractivity (Wildman–Crippen MR) is 105 cm³/mol. The zero-order chi connectivity index (χ0) is 19.1. The van der Waals surface area contributed by atoms with E-state index in [-0.39, 0.29) is 11.7 Å². The lowest BCUT2D eigenvalue weighted by molar-refractivity contribution is -0.125. The number of hydrogen-bond donors (Lipinski definition) is 2. The van der Waals surface area contributed by atoms with E-state index in [1.807, 2.05) is 37.3 Å². The Morgan fingerprint density at radius 3 is 2.56 bits per heavy atom. The Hall–Kier alpha value is -2.93. The SMILES string of the molecule is Cc1ccc(SCC(=O)NNC(=O)/C=C/c2ccc3c(c2)OCCO3)cc1. The Kier molecular flexibility index (Phi) is 6.38. The number of thioether (sulfide) groups is 1. The second-order valence-corrected chi connectivity index (χ2v) is 6.92. The van der Waals surface area contributed by atoms with Gasteiger partial charge in [0.2, 0.25) is 5.91 Å². The van der Waals surface area contributed by atoms with Gasteiger partial charge in [0.15, 0.2) is 11.5 Å². The third kappa shape index (κ3) is 5.79. The van der Waals surface area contributed by atoms with E-state index >= 15 is 0 Å². The van der Waals surface area contributed by atoms with Crippen LogP contribution in [0.4, 0.5) is 0 Å². The first-order valence-corrected chi connectivity index (χ1v) is 9.45. The van der Waals surface area contributed by atoms with Gasteiger partial charge in [0, 0.05) is 11.0 Å². The van der Waals surface area contributed by atoms with Crippen LogP contribution in [0.2, 0.25) is 0 Å². The Balaban J connectivity index is 1.43. The molecule has 0 atom stereocenters. The molecule has 0 fully saturated rings. The predicted octanol–water partition coefficient (Wildman–Crippen LogP) is 2.72. The molecule has 0 aliphatic carbocycles. The first-order valence-electron chi connectivity index (χ1n) is 8.46. The van der Waals surface area contributed by atoms with E-state index < -0.39 is 5.91 Å². The van der Waals surface area contributed by atoms with E-state index in [1.165, 1.54) is 23.4 Å². The standard InChI is InChI=1S/C20H20N2O4S/c1-14-2-6-16(7-3-14)27-13-20(24)22-21-19(23)9-5-15-4-8-17-18(12-15)26-11-10-25-17/h2-9,12H,10-11,13H2,1H3,(H,21,23)(H,22,24)/b9-5+. The molecular formula is C20H20N2O4S. The minimum absolute atomic E-state index is 0.217. The summed E-state index contributed by atoms with van der Waals surface area (Å²) < 4.78 is 11.0. The summed E-state index contributed by atoms with van der Waals surface area (Å²) in [7, 11) is 0. The Morgan fingerprint density at radius 2 is 1.78 bits per heavy atom. The second kappa shape index (κ2) is 9.14. The van der Waals surface area contributed by atoms with Crippen molar-refractivity contribution in [3.63, 3.8) is 0 Å². The third-order valence-corrected chi connectivity index (χ3v) is 4.72. The highest BCUT2D eigenvalue weighted by atomic mass is 32.2. The van der Waals surface area contributed by atoms with Crippen LogP contribution in [0.3, 0.4) is 0 Å². The second-order valence-electron chi connectivity index (χ2n) is 5.88. The van der Waals surface area contributed by atoms with Gasteiger partial charge in [-0.1, -0.05) is 23.8 Å². The lowest BCUT2D eigenvalue weighted by atomic mass is 10.2. The minimum Gasteiger partial charge on any atom is -0.486 e. The molecule has 2 aromatic carbocycles. The number of hydrogen-bond acceptors (Lipinski definition) is 5. The minimum atomic E-state index is -0.418. The number of carbonyl (C=O) groups is 2. The van der Waals surface area contributed by atoms with Crippen molar-refractivity contribution in [1.82, 2.24) is 10.9 Å². The topological polar surface area (TPSA) is 76.7 Å². The van der Waals surface area contributed by atoms with Crippen molar-refractivity contribution < 1.29 is 19.1 Å². The molecule has 140 valence electrons. The normalized spacial score (nSPS) is 12.6. The maximum atomic E-state index is 11.8. The zero-order valence-electron chi connectivity index (χ0n) is 14.9. The molecule has 27 heavy (non-hydrogen) atoms. The Labute approximate surface area is 161 Å². The maximum absolute atomic E-state index is 11.8. The first kappa shape index (κ1) is 18.8. The first-order chi connectivity index (χ1) is 13.1. The van der Waals surface area contributed by atoms with Gasteiger partial charge in [-0.25, -0.2) is 0 Å². The van der Waals surface area contributed by atoms with Gasteiger partial charge in [0.25, 0.3) is 5.91 Å². The molecular weight excluding hydrogens is 364 g/mol. The van der Waals surface area contributed by atoms with E-state index in [0.717, 1.165) is 10.5 Å². The fourth-order valence-corrected chi connectivity index (χ4v) is 3.03. The van der Waals surface area contributed by atoms with Crippen molar-refractivity contribution in [2.24, 2.45) is 0 Å². The van der Waals surface area contributed by atoms with Gasteiger partial charge in [-0.2, -0.15) is 0 Å². The molecule has 2 N–H and O–H groups in total. The Morgan fingerprint density at radius 1 is 1.04 bits per heavy atom. The quantitative estimate of drug-likeness (QED) is 0.471. The van der Waals surface area contributed by atoms with Crippen LogP contribution < -0.4 is 20.3 Å². The van der Waals surface area contributed by atoms with E-state index in [4.69, 9.17) is 9.47 Å². The highest BCUT2D eigenvalue weighted by Gasteiger charge is 2.11. The summed E-state index contributed by atoms with van der Waals surface area (Å²) in [5.41, 5.74) is 6.73. The summed E-state index contributed by atoms with van der Waals surface area (Å²) in [5, 5.41) is 0. The van der Waals surface area contributed by atoms with Crippen LogP contribution in [0.1, 0.15) is 11.1 Å². The molecule has 2 aromatic rings. The van der Waals surface area contributed by atoms with Crippen molar-refractivity contribution in [2.45, 2.75) is 11.8 Å². The molecule has 0 bridgehead atoms. The summed E-state index contributed by atoms with van der Waals surface area (Å²) in [6, 6.07) is 13.3. The molecule has 0 radical (unpaired) electrons. The number of ether oxygens (including phenoxy) is 2. The average molecular weight is 384 g/mol. The summed E-state index contributed by atoms with van der Waals surface area (Å²) in [5.74, 6) is 0.876. The van der Waals surface area contributed by atoms with Crippen molar-refractivity contribution in [3.8, 4) is 11.5 Å². The molecule has 6 nitrogen and oxygen atoms in total. The van der Waals surface area contributed by atoms with E-state index in [0.29, 0.717) is 24.7 Å². The molecule has 0 saturated carbocycles. The molecule has 3 rings (SSSR count). The molecule has 1 aliphatic rings. The van der Waals surface area contributed by atoms with Crippen molar-refractivity contribution in [2.75, 3.05) is 19.0 Å². The van der Waals surface area contributed by atoms with E-state index in [1.54, 1.807) is 18.2 Å². The van der Waals surface area contributed by atoms with Crippen LogP contribution in [0.5, 0.6) is 11.5 Å². The number of nitrogens with one attached hydrogen (secondary N) is 2. The number of amides is 2. The third-order valence-electron chi connectivity index (χ3n) is 3.71. The van der Waals surface area contributed by atoms with Crippen molar-refractivity contribution >= 4 is 29.7 Å². The molecule has 2 amide bonds. The van der Waals surface area contributed by atoms with Crippen molar-refractivity contribution in [1.29, 1.82) is 0 Å². The van der Waals surface area contributed by atoms with Gasteiger partial charge in [-0.15, -0.1) is 11.8 Å². The highest BCUT2D eigenvalue weighted by Crippen LogP contribution is 2.31. The fourth-order valence-electron chi connectivity index (χ4n) is 2.33. The lowest BCUT2D eigenvalue weighted by Gasteiger charge is -2.18. The molecule has 0 spiro atoms. The monoisotopic (exact) mass is 384 g/mol. The summed E-state index contributed by atoms with van der Waals surface area (Å²) in [6.07, 6.45) is 2.99. The molecule has 0 aromatic heterocycles. The summed E-state index contributed by atoms with van der Waals surface area (Å²) >= 11 is 1.41. The molecule has 0 saturated heterocycles. The number of rotatable bonds is 5. The number of aryl methyl sites for hydroxylation is 1. The Bertz CT molecular complexity index is 850. The summed E-state index contributed by atoms with van der Waals surface area (Å²) in [6.45, 7) is 3.05. The van der Waals surface area contributed by atoms with Crippen LogP contribution in [-0.4, -0.2) is 30.8 Å². The number of fused-ring (bicyclic) bond motifs is 1. The van der Waals surface area contributed by atoms with Crippen LogP contribution >= 0.6 is 11.8 Å². The van der Waals surface area contributed by atoms with Gasteiger partial charge in [0.1, 0.15) is 13.2 Å². The number of hydrazine groups is 1. The van der Waals surface area contributed by atoms with Gasteiger partial charge < -0.3 is 9.47 Å². The van der Waals surface area contributed by atoms with Crippen LogP contribution in [-0.2, 0) is 9.59 Å². The van der Waals surface area contributed by atoms with E-state index in [9.17, 15) is 9.59 Å². The van der Waals surface area contributed by atoms with Gasteiger partial charge in [-0.05, 0) is 42.8 Å². The van der Waals surface area contributed by atoms with Gasteiger partial charge in [-0.3, -0.25) is 20.4 Å². The number of carbonyl (C=O) groups excluding carboxylic acids is 2. The number of benzene rings is 2. The largest absolute Gasteiger partial charge is 0.486 e. The highest BCUT2D eigenvalue weighted by molar-refractivity contribution is 8.00.